The molecule has 116 valence electrons. The molecule has 2 aromatic carbocycles. The van der Waals surface area contributed by atoms with E-state index in [0.717, 1.165) is 16.8 Å². The first-order valence-corrected chi connectivity index (χ1v) is 7.80. The van der Waals surface area contributed by atoms with Crippen molar-refractivity contribution in [1.82, 2.24) is 4.90 Å². The van der Waals surface area contributed by atoms with Crippen LogP contribution >= 0.6 is 11.6 Å². The van der Waals surface area contributed by atoms with Gasteiger partial charge in [-0.1, -0.05) is 48.0 Å². The van der Waals surface area contributed by atoms with Crippen LogP contribution in [0.4, 0.5) is 5.69 Å². The van der Waals surface area contributed by atoms with E-state index in [2.05, 4.69) is 5.32 Å². The van der Waals surface area contributed by atoms with E-state index in [-0.39, 0.29) is 12.5 Å². The molecule has 0 aliphatic rings. The zero-order valence-electron chi connectivity index (χ0n) is 13.0. The van der Waals surface area contributed by atoms with Gasteiger partial charge < -0.3 is 10.2 Å². The summed E-state index contributed by atoms with van der Waals surface area (Å²) in [5.41, 5.74) is 3.00. The van der Waals surface area contributed by atoms with Crippen LogP contribution in [0.2, 0.25) is 5.02 Å². The number of carbonyl (C=O) groups is 1. The highest BCUT2D eigenvalue weighted by atomic mass is 35.5. The van der Waals surface area contributed by atoms with Crippen LogP contribution in [0.3, 0.4) is 0 Å². The van der Waals surface area contributed by atoms with E-state index in [1.165, 1.54) is 0 Å². The summed E-state index contributed by atoms with van der Waals surface area (Å²) in [6, 6.07) is 15.7. The molecule has 0 heterocycles. The molecule has 0 radical (unpaired) electrons. The zero-order valence-corrected chi connectivity index (χ0v) is 13.7. The summed E-state index contributed by atoms with van der Waals surface area (Å²) in [5, 5.41) is 3.88. The van der Waals surface area contributed by atoms with E-state index in [4.69, 9.17) is 11.6 Å². The molecule has 2 rings (SSSR count). The SMILES string of the molecule is CCN(Cc1ccccc1)C(=O)CNc1cccc(Cl)c1C. The molecule has 0 aliphatic heterocycles. The molecule has 0 atom stereocenters. The van der Waals surface area contributed by atoms with Crippen LogP contribution in [0.25, 0.3) is 0 Å². The summed E-state index contributed by atoms with van der Waals surface area (Å²) >= 11 is 6.09. The number of benzene rings is 2. The molecule has 0 aromatic heterocycles. The Morgan fingerprint density at radius 1 is 1.14 bits per heavy atom. The van der Waals surface area contributed by atoms with Crippen molar-refractivity contribution in [3.63, 3.8) is 0 Å². The number of anilines is 1. The van der Waals surface area contributed by atoms with Crippen molar-refractivity contribution >= 4 is 23.2 Å². The molecule has 2 aromatic rings. The number of nitrogens with one attached hydrogen (secondary N) is 1. The third kappa shape index (κ3) is 4.25. The molecule has 1 amide bonds. The van der Waals surface area contributed by atoms with Crippen molar-refractivity contribution in [2.45, 2.75) is 20.4 Å². The second-order valence-corrected chi connectivity index (χ2v) is 5.57. The number of carbonyl (C=O) groups excluding carboxylic acids is 1. The minimum absolute atomic E-state index is 0.0747. The summed E-state index contributed by atoms with van der Waals surface area (Å²) < 4.78 is 0. The summed E-state index contributed by atoms with van der Waals surface area (Å²) in [4.78, 5) is 14.2. The van der Waals surface area contributed by atoms with Crippen molar-refractivity contribution < 1.29 is 4.79 Å². The first kappa shape index (κ1) is 16.4. The third-order valence-corrected chi connectivity index (χ3v) is 4.06. The Balaban J connectivity index is 1.96. The highest BCUT2D eigenvalue weighted by molar-refractivity contribution is 6.31. The van der Waals surface area contributed by atoms with Crippen LogP contribution in [-0.2, 0) is 11.3 Å². The van der Waals surface area contributed by atoms with E-state index in [0.29, 0.717) is 18.1 Å². The molecule has 3 nitrogen and oxygen atoms in total. The fraction of sp³-hybridized carbons (Fsp3) is 0.278. The van der Waals surface area contributed by atoms with Gasteiger partial charge in [-0.15, -0.1) is 0 Å². The Morgan fingerprint density at radius 3 is 2.55 bits per heavy atom. The average Bonchev–Trinajstić information content (AvgIpc) is 2.54. The molecule has 0 bridgehead atoms. The van der Waals surface area contributed by atoms with Gasteiger partial charge in [-0.05, 0) is 37.1 Å². The maximum atomic E-state index is 12.4. The summed E-state index contributed by atoms with van der Waals surface area (Å²) in [7, 11) is 0. The molecule has 0 saturated heterocycles. The lowest BCUT2D eigenvalue weighted by Crippen LogP contribution is -2.35. The molecular weight excluding hydrogens is 296 g/mol. The second kappa shape index (κ2) is 7.85. The molecule has 0 fully saturated rings. The van der Waals surface area contributed by atoms with Crippen LogP contribution < -0.4 is 5.32 Å². The van der Waals surface area contributed by atoms with E-state index in [1.54, 1.807) is 0 Å². The second-order valence-electron chi connectivity index (χ2n) is 5.16. The third-order valence-electron chi connectivity index (χ3n) is 3.65. The summed E-state index contributed by atoms with van der Waals surface area (Å²) in [6.07, 6.45) is 0. The van der Waals surface area contributed by atoms with Gasteiger partial charge in [-0.2, -0.15) is 0 Å². The van der Waals surface area contributed by atoms with E-state index >= 15 is 0 Å². The van der Waals surface area contributed by atoms with Crippen LogP contribution in [0, 0.1) is 6.92 Å². The van der Waals surface area contributed by atoms with Crippen LogP contribution in [-0.4, -0.2) is 23.9 Å². The monoisotopic (exact) mass is 316 g/mol. The first-order chi connectivity index (χ1) is 10.6. The van der Waals surface area contributed by atoms with Gasteiger partial charge >= 0.3 is 0 Å². The van der Waals surface area contributed by atoms with Gasteiger partial charge in [0.1, 0.15) is 0 Å². The molecule has 22 heavy (non-hydrogen) atoms. The molecule has 1 N–H and O–H groups in total. The molecule has 0 unspecified atom stereocenters. The number of nitrogens with zero attached hydrogens (tertiary/aromatic N) is 1. The van der Waals surface area contributed by atoms with Crippen LogP contribution in [0.1, 0.15) is 18.1 Å². The van der Waals surface area contributed by atoms with E-state index < -0.39 is 0 Å². The fourth-order valence-electron chi connectivity index (χ4n) is 2.26. The fourth-order valence-corrected chi connectivity index (χ4v) is 2.44. The smallest absolute Gasteiger partial charge is 0.242 e. The lowest BCUT2D eigenvalue weighted by molar-refractivity contribution is -0.129. The van der Waals surface area contributed by atoms with Crippen molar-refractivity contribution in [2.75, 3.05) is 18.4 Å². The average molecular weight is 317 g/mol. The van der Waals surface area contributed by atoms with Crippen molar-refractivity contribution in [3.8, 4) is 0 Å². The maximum Gasteiger partial charge on any atom is 0.242 e. The number of hydrogen-bond acceptors (Lipinski definition) is 2. The quantitative estimate of drug-likeness (QED) is 0.870. The lowest BCUT2D eigenvalue weighted by atomic mass is 10.2. The van der Waals surface area contributed by atoms with Crippen molar-refractivity contribution in [2.24, 2.45) is 0 Å². The molecular formula is C18H21ClN2O. The number of hydrogen-bond donors (Lipinski definition) is 1. The highest BCUT2D eigenvalue weighted by Gasteiger charge is 2.12. The molecule has 4 heteroatoms. The highest BCUT2D eigenvalue weighted by Crippen LogP contribution is 2.22. The molecule has 0 saturated carbocycles. The topological polar surface area (TPSA) is 32.3 Å². The Hall–Kier alpha value is -2.00. The van der Waals surface area contributed by atoms with Gasteiger partial charge in [0.25, 0.3) is 0 Å². The normalized spacial score (nSPS) is 10.3. The van der Waals surface area contributed by atoms with Crippen LogP contribution in [0.5, 0.6) is 0 Å². The standard InChI is InChI=1S/C18H21ClN2O/c1-3-21(13-15-8-5-4-6-9-15)18(22)12-20-17-11-7-10-16(19)14(17)2/h4-11,20H,3,12-13H2,1-2H3. The largest absolute Gasteiger partial charge is 0.376 e. The minimum Gasteiger partial charge on any atom is -0.376 e. The summed E-state index contributed by atoms with van der Waals surface area (Å²) in [6.45, 7) is 5.51. The minimum atomic E-state index is 0.0747. The van der Waals surface area contributed by atoms with Crippen LogP contribution in [0.15, 0.2) is 48.5 Å². The molecule has 0 aliphatic carbocycles. The van der Waals surface area contributed by atoms with E-state index in [1.807, 2.05) is 67.3 Å². The van der Waals surface area contributed by atoms with Gasteiger partial charge in [0.05, 0.1) is 6.54 Å². The number of halogens is 1. The van der Waals surface area contributed by atoms with Gasteiger partial charge in [0, 0.05) is 23.8 Å². The maximum absolute atomic E-state index is 12.4. The Bertz CT molecular complexity index is 628. The lowest BCUT2D eigenvalue weighted by Gasteiger charge is -2.22. The van der Waals surface area contributed by atoms with E-state index in [9.17, 15) is 4.79 Å². The number of amides is 1. The summed E-state index contributed by atoms with van der Waals surface area (Å²) in [5.74, 6) is 0.0747. The van der Waals surface area contributed by atoms with Crippen molar-refractivity contribution in [1.29, 1.82) is 0 Å². The predicted molar refractivity (Wildman–Crippen MR) is 92.2 cm³/mol. The Morgan fingerprint density at radius 2 is 1.86 bits per heavy atom. The van der Waals surface area contributed by atoms with Crippen molar-refractivity contribution in [3.05, 3.63) is 64.7 Å². The van der Waals surface area contributed by atoms with Gasteiger partial charge in [0.15, 0.2) is 0 Å². The van der Waals surface area contributed by atoms with Gasteiger partial charge in [0.2, 0.25) is 5.91 Å². The predicted octanol–water partition coefficient (Wildman–Crippen LogP) is 4.11. The zero-order chi connectivity index (χ0) is 15.9. The first-order valence-electron chi connectivity index (χ1n) is 7.42. The Labute approximate surface area is 136 Å². The van der Waals surface area contributed by atoms with Gasteiger partial charge in [-0.3, -0.25) is 4.79 Å². The molecule has 0 spiro atoms. The number of likely N-dealkylation sites (N-methyl/N-ethyl adjacent to an activating group) is 1. The Kier molecular flexibility index (Phi) is 5.84. The van der Waals surface area contributed by atoms with Gasteiger partial charge in [-0.25, -0.2) is 0 Å². The number of rotatable bonds is 6.